The molecule has 0 atom stereocenters. The Morgan fingerprint density at radius 1 is 1.43 bits per heavy atom. The second-order valence-electron chi connectivity index (χ2n) is 4.07. The molecule has 116 valence electrons. The van der Waals surface area contributed by atoms with Crippen LogP contribution in [0.4, 0.5) is 10.5 Å². The summed E-state index contributed by atoms with van der Waals surface area (Å²) in [4.78, 5) is 24.4. The molecule has 1 rings (SSSR count). The Morgan fingerprint density at radius 3 is 2.57 bits per heavy atom. The van der Waals surface area contributed by atoms with Gasteiger partial charge in [-0.1, -0.05) is 11.6 Å². The number of anilines is 1. The molecule has 0 unspecified atom stereocenters. The van der Waals surface area contributed by atoms with Gasteiger partial charge in [0.25, 0.3) is 0 Å². The number of amides is 2. The number of hydrogen-bond acceptors (Lipinski definition) is 4. The summed E-state index contributed by atoms with van der Waals surface area (Å²) in [5.74, 6) is -1.09. The summed E-state index contributed by atoms with van der Waals surface area (Å²) in [7, 11) is 1.32. The summed E-state index contributed by atoms with van der Waals surface area (Å²) >= 11 is 5.97. The van der Waals surface area contributed by atoms with Gasteiger partial charge in [-0.05, 0) is 13.0 Å². The molecular formula is C13H17ClN2O5. The zero-order chi connectivity index (χ0) is 16.0. The maximum absolute atomic E-state index is 12.0. The smallest absolute Gasteiger partial charge is 0.339 e. The number of benzene rings is 1. The van der Waals surface area contributed by atoms with E-state index < -0.39 is 12.0 Å². The van der Waals surface area contributed by atoms with Crippen molar-refractivity contribution in [2.24, 2.45) is 0 Å². The second kappa shape index (κ2) is 7.70. The molecular weight excluding hydrogens is 300 g/mol. The molecule has 0 aliphatic heterocycles. The number of nitrogens with zero attached hydrogens (tertiary/aromatic N) is 1. The highest BCUT2D eigenvalue weighted by molar-refractivity contribution is 6.34. The minimum atomic E-state index is -1.18. The highest BCUT2D eigenvalue weighted by atomic mass is 35.5. The Bertz CT molecular complexity index is 536. The van der Waals surface area contributed by atoms with E-state index in [4.69, 9.17) is 26.6 Å². The number of nitrogens with one attached hydrogen (secondary N) is 1. The van der Waals surface area contributed by atoms with Crippen molar-refractivity contribution in [3.8, 4) is 5.75 Å². The van der Waals surface area contributed by atoms with Gasteiger partial charge < -0.3 is 25.2 Å². The van der Waals surface area contributed by atoms with E-state index in [0.717, 1.165) is 0 Å². The van der Waals surface area contributed by atoms with Crippen LogP contribution >= 0.6 is 11.6 Å². The molecule has 0 aliphatic rings. The Hall–Kier alpha value is -1.99. The number of carboxylic acids is 1. The van der Waals surface area contributed by atoms with Gasteiger partial charge in [-0.15, -0.1) is 0 Å². The lowest BCUT2D eigenvalue weighted by Crippen LogP contribution is -2.36. The molecule has 1 aromatic rings. The summed E-state index contributed by atoms with van der Waals surface area (Å²) in [5.41, 5.74) is 0.142. The van der Waals surface area contributed by atoms with Crippen LogP contribution in [-0.2, 0) is 0 Å². The molecule has 0 saturated carbocycles. The number of aliphatic hydroxyl groups excluding tert-OH is 1. The van der Waals surface area contributed by atoms with Gasteiger partial charge in [0.1, 0.15) is 11.3 Å². The number of ether oxygens (including phenoxy) is 1. The maximum Gasteiger partial charge on any atom is 0.339 e. The molecule has 0 saturated heterocycles. The third-order valence-electron chi connectivity index (χ3n) is 2.80. The van der Waals surface area contributed by atoms with Gasteiger partial charge in [0.2, 0.25) is 0 Å². The van der Waals surface area contributed by atoms with Crippen molar-refractivity contribution in [2.75, 3.05) is 32.1 Å². The summed E-state index contributed by atoms with van der Waals surface area (Å²) < 4.78 is 4.97. The molecule has 2 amide bonds. The quantitative estimate of drug-likeness (QED) is 0.744. The van der Waals surface area contributed by atoms with Crippen LogP contribution in [0.15, 0.2) is 12.1 Å². The Morgan fingerprint density at radius 2 is 2.10 bits per heavy atom. The number of aliphatic hydroxyl groups is 1. The van der Waals surface area contributed by atoms with Crippen LogP contribution in [0, 0.1) is 0 Å². The maximum atomic E-state index is 12.0. The van der Waals surface area contributed by atoms with E-state index in [1.54, 1.807) is 6.92 Å². The number of rotatable bonds is 6. The highest BCUT2D eigenvalue weighted by Gasteiger charge is 2.18. The van der Waals surface area contributed by atoms with Crippen LogP contribution in [-0.4, -0.2) is 53.9 Å². The highest BCUT2D eigenvalue weighted by Crippen LogP contribution is 2.31. The predicted molar refractivity (Wildman–Crippen MR) is 78.3 cm³/mol. The third-order valence-corrected chi connectivity index (χ3v) is 3.11. The van der Waals surface area contributed by atoms with Crippen molar-refractivity contribution >= 4 is 29.3 Å². The first-order valence-corrected chi connectivity index (χ1v) is 6.60. The standard InChI is InChI=1S/C13H17ClN2O5/c1-3-16(4-5-17)13(20)15-10-7-11(21-2)8(12(18)19)6-9(10)14/h6-7,17H,3-5H2,1-2H3,(H,15,20)(H,18,19). The Balaban J connectivity index is 3.03. The van der Waals surface area contributed by atoms with E-state index in [1.807, 2.05) is 0 Å². The zero-order valence-corrected chi connectivity index (χ0v) is 12.5. The number of carbonyl (C=O) groups excluding carboxylic acids is 1. The number of urea groups is 1. The Kier molecular flexibility index (Phi) is 6.26. The normalized spacial score (nSPS) is 10.1. The van der Waals surface area contributed by atoms with Crippen molar-refractivity contribution in [1.82, 2.24) is 4.90 Å². The fraction of sp³-hybridized carbons (Fsp3) is 0.385. The lowest BCUT2D eigenvalue weighted by atomic mass is 10.2. The summed E-state index contributed by atoms with van der Waals surface area (Å²) in [5, 5.41) is 20.6. The van der Waals surface area contributed by atoms with Crippen molar-refractivity contribution in [3.63, 3.8) is 0 Å². The summed E-state index contributed by atoms with van der Waals surface area (Å²) in [6.45, 7) is 2.21. The number of methoxy groups -OCH3 is 1. The first-order valence-electron chi connectivity index (χ1n) is 6.22. The van der Waals surface area contributed by atoms with Crippen LogP contribution in [0.5, 0.6) is 5.75 Å². The molecule has 21 heavy (non-hydrogen) atoms. The lowest BCUT2D eigenvalue weighted by molar-refractivity contribution is 0.0693. The summed E-state index contributed by atoms with van der Waals surface area (Å²) in [6, 6.07) is 2.11. The SMILES string of the molecule is CCN(CCO)C(=O)Nc1cc(OC)c(C(=O)O)cc1Cl. The van der Waals surface area contributed by atoms with Crippen LogP contribution in [0.3, 0.4) is 0 Å². The van der Waals surface area contributed by atoms with Gasteiger partial charge >= 0.3 is 12.0 Å². The van der Waals surface area contributed by atoms with Gasteiger partial charge in [0.05, 0.1) is 24.4 Å². The number of carboxylic acid groups (broad SMARTS) is 1. The van der Waals surface area contributed by atoms with Crippen LogP contribution < -0.4 is 10.1 Å². The predicted octanol–water partition coefficient (Wildman–Crippen LogP) is 1.89. The summed E-state index contributed by atoms with van der Waals surface area (Å²) in [6.07, 6.45) is 0. The molecule has 7 nitrogen and oxygen atoms in total. The number of carbonyl (C=O) groups is 2. The van der Waals surface area contributed by atoms with E-state index in [0.29, 0.717) is 6.54 Å². The third kappa shape index (κ3) is 4.24. The van der Waals surface area contributed by atoms with E-state index in [2.05, 4.69) is 5.32 Å². The monoisotopic (exact) mass is 316 g/mol. The van der Waals surface area contributed by atoms with E-state index in [-0.39, 0.29) is 35.2 Å². The topological polar surface area (TPSA) is 99.1 Å². The molecule has 0 radical (unpaired) electrons. The van der Waals surface area contributed by atoms with Crippen LogP contribution in [0.25, 0.3) is 0 Å². The van der Waals surface area contributed by atoms with Gasteiger partial charge in [-0.2, -0.15) is 0 Å². The average Bonchev–Trinajstić information content (AvgIpc) is 2.45. The van der Waals surface area contributed by atoms with Crippen LogP contribution in [0.1, 0.15) is 17.3 Å². The molecule has 1 aromatic carbocycles. The number of aromatic carboxylic acids is 1. The van der Waals surface area contributed by atoms with Gasteiger partial charge in [0.15, 0.2) is 0 Å². The van der Waals surface area contributed by atoms with Crippen LogP contribution in [0.2, 0.25) is 5.02 Å². The lowest BCUT2D eigenvalue weighted by Gasteiger charge is -2.21. The molecule has 0 heterocycles. The fourth-order valence-corrected chi connectivity index (χ4v) is 1.91. The van der Waals surface area contributed by atoms with E-state index >= 15 is 0 Å². The Labute approximate surface area is 127 Å². The van der Waals surface area contributed by atoms with Crippen molar-refractivity contribution in [1.29, 1.82) is 0 Å². The number of likely N-dealkylation sites (N-methyl/N-ethyl adjacent to an activating group) is 1. The molecule has 0 aromatic heterocycles. The van der Waals surface area contributed by atoms with Crippen molar-refractivity contribution in [3.05, 3.63) is 22.7 Å². The van der Waals surface area contributed by atoms with E-state index in [9.17, 15) is 9.59 Å². The second-order valence-corrected chi connectivity index (χ2v) is 4.48. The average molecular weight is 317 g/mol. The molecule has 0 bridgehead atoms. The minimum absolute atomic E-state index is 0.0848. The fourth-order valence-electron chi connectivity index (χ4n) is 1.70. The van der Waals surface area contributed by atoms with Crippen molar-refractivity contribution < 1.29 is 24.5 Å². The number of halogens is 1. The molecule has 0 fully saturated rings. The van der Waals surface area contributed by atoms with Gasteiger partial charge in [-0.25, -0.2) is 9.59 Å². The van der Waals surface area contributed by atoms with Gasteiger partial charge in [0, 0.05) is 19.2 Å². The van der Waals surface area contributed by atoms with E-state index in [1.165, 1.54) is 24.1 Å². The minimum Gasteiger partial charge on any atom is -0.496 e. The zero-order valence-electron chi connectivity index (χ0n) is 11.7. The largest absolute Gasteiger partial charge is 0.496 e. The first-order chi connectivity index (χ1) is 9.94. The molecule has 3 N–H and O–H groups in total. The first kappa shape index (κ1) is 17.1. The van der Waals surface area contributed by atoms with Gasteiger partial charge in [-0.3, -0.25) is 0 Å². The number of hydrogen-bond donors (Lipinski definition) is 3. The van der Waals surface area contributed by atoms with Crippen molar-refractivity contribution in [2.45, 2.75) is 6.92 Å². The molecule has 0 spiro atoms. The molecule has 0 aliphatic carbocycles. The molecule has 8 heteroatoms.